The largest absolute Gasteiger partial charge is 0.493 e. The number of carbonyl (C=O) groups is 1. The molecule has 0 N–H and O–H groups in total. The summed E-state index contributed by atoms with van der Waals surface area (Å²) >= 11 is 5.31. The fraction of sp³-hybridized carbons (Fsp3) is 0.238. The second kappa shape index (κ2) is 8.39. The van der Waals surface area contributed by atoms with Crippen LogP contribution in [0.4, 0.5) is 4.39 Å². The maximum absolute atomic E-state index is 13.8. The number of hydrogen-bond acceptors (Lipinski definition) is 4. The Labute approximate surface area is 169 Å². The van der Waals surface area contributed by atoms with Crippen LogP contribution < -0.4 is 9.47 Å². The van der Waals surface area contributed by atoms with Crippen LogP contribution in [0.25, 0.3) is 6.08 Å². The molecule has 1 saturated heterocycles. The van der Waals surface area contributed by atoms with Crippen LogP contribution in [-0.2, 0) is 11.4 Å². The van der Waals surface area contributed by atoms with Crippen molar-refractivity contribution in [1.82, 2.24) is 9.80 Å². The van der Waals surface area contributed by atoms with Crippen molar-refractivity contribution in [3.63, 3.8) is 0 Å². The highest BCUT2D eigenvalue weighted by Crippen LogP contribution is 2.31. The fourth-order valence-electron chi connectivity index (χ4n) is 2.91. The van der Waals surface area contributed by atoms with E-state index in [0.29, 0.717) is 34.4 Å². The molecule has 1 aliphatic rings. The quantitative estimate of drug-likeness (QED) is 0.545. The predicted molar refractivity (Wildman–Crippen MR) is 109 cm³/mol. The zero-order chi connectivity index (χ0) is 20.3. The zero-order valence-corrected chi connectivity index (χ0v) is 16.8. The molecule has 0 aliphatic carbocycles. The minimum absolute atomic E-state index is 0.0877. The summed E-state index contributed by atoms with van der Waals surface area (Å²) < 4.78 is 24.9. The maximum Gasteiger partial charge on any atom is 0.276 e. The summed E-state index contributed by atoms with van der Waals surface area (Å²) in [4.78, 5) is 15.7. The summed E-state index contributed by atoms with van der Waals surface area (Å²) in [5.74, 6) is 0.536. The number of amides is 1. The Balaban J connectivity index is 1.83. The van der Waals surface area contributed by atoms with Gasteiger partial charge in [-0.05, 0) is 49.0 Å². The summed E-state index contributed by atoms with van der Waals surface area (Å²) in [6, 6.07) is 11.8. The molecule has 3 rings (SSSR count). The summed E-state index contributed by atoms with van der Waals surface area (Å²) in [5, 5.41) is 0.482. The van der Waals surface area contributed by atoms with Crippen molar-refractivity contribution in [2.75, 3.05) is 20.7 Å². The molecule has 2 aromatic rings. The minimum Gasteiger partial charge on any atom is -0.493 e. The number of nitrogens with zero attached hydrogens (tertiary/aromatic N) is 2. The lowest BCUT2D eigenvalue weighted by atomic mass is 10.1. The molecule has 1 aliphatic heterocycles. The standard InChI is InChI=1S/C21H21FN2O3S/c1-4-24-20(25)17(23(2)21(24)28)11-14-9-10-18(19(12-14)26-3)27-13-15-7-5-6-8-16(15)22/h5-12H,4,13H2,1-3H3. The van der Waals surface area contributed by atoms with Gasteiger partial charge < -0.3 is 14.4 Å². The number of thiocarbonyl (C=S) groups is 1. The van der Waals surface area contributed by atoms with Gasteiger partial charge in [0.1, 0.15) is 18.1 Å². The van der Waals surface area contributed by atoms with Gasteiger partial charge in [-0.3, -0.25) is 9.69 Å². The topological polar surface area (TPSA) is 42.0 Å². The number of ether oxygens (including phenoxy) is 2. The molecule has 1 fully saturated rings. The lowest BCUT2D eigenvalue weighted by molar-refractivity contribution is -0.122. The number of rotatable bonds is 6. The Morgan fingerprint density at radius 1 is 1.18 bits per heavy atom. The molecule has 0 unspecified atom stereocenters. The molecule has 28 heavy (non-hydrogen) atoms. The van der Waals surface area contributed by atoms with Gasteiger partial charge in [0, 0.05) is 19.2 Å². The highest BCUT2D eigenvalue weighted by atomic mass is 32.1. The average molecular weight is 400 g/mol. The lowest BCUT2D eigenvalue weighted by Gasteiger charge is -2.14. The van der Waals surface area contributed by atoms with Crippen LogP contribution >= 0.6 is 12.2 Å². The Kier molecular flexibility index (Phi) is 5.94. The van der Waals surface area contributed by atoms with E-state index in [1.165, 1.54) is 13.2 Å². The molecule has 7 heteroatoms. The number of halogens is 1. The van der Waals surface area contributed by atoms with E-state index in [-0.39, 0.29) is 18.3 Å². The zero-order valence-electron chi connectivity index (χ0n) is 15.9. The molecule has 1 amide bonds. The van der Waals surface area contributed by atoms with E-state index in [4.69, 9.17) is 21.7 Å². The van der Waals surface area contributed by atoms with Crippen molar-refractivity contribution in [1.29, 1.82) is 0 Å². The van der Waals surface area contributed by atoms with Crippen LogP contribution in [0.3, 0.4) is 0 Å². The molecule has 146 valence electrons. The summed E-state index contributed by atoms with van der Waals surface area (Å²) in [6.45, 7) is 2.49. The number of methoxy groups -OCH3 is 1. The van der Waals surface area contributed by atoms with Crippen molar-refractivity contribution >= 4 is 29.3 Å². The first kappa shape index (κ1) is 19.8. The van der Waals surface area contributed by atoms with Crippen LogP contribution in [0.15, 0.2) is 48.2 Å². The molecular formula is C21H21FN2O3S. The molecule has 0 saturated carbocycles. The van der Waals surface area contributed by atoms with E-state index in [1.54, 1.807) is 53.3 Å². The number of hydrogen-bond donors (Lipinski definition) is 0. The highest BCUT2D eigenvalue weighted by Gasteiger charge is 2.34. The lowest BCUT2D eigenvalue weighted by Crippen LogP contribution is -2.30. The molecular weight excluding hydrogens is 379 g/mol. The van der Waals surface area contributed by atoms with Gasteiger partial charge in [0.2, 0.25) is 0 Å². The summed E-state index contributed by atoms with van der Waals surface area (Å²) in [7, 11) is 3.30. The molecule has 1 heterocycles. The number of likely N-dealkylation sites (N-methyl/N-ethyl adjacent to an activating group) is 2. The predicted octanol–water partition coefficient (Wildman–Crippen LogP) is 3.83. The highest BCUT2D eigenvalue weighted by molar-refractivity contribution is 7.80. The molecule has 0 atom stereocenters. The van der Waals surface area contributed by atoms with E-state index in [9.17, 15) is 9.18 Å². The Morgan fingerprint density at radius 3 is 2.57 bits per heavy atom. The molecule has 2 aromatic carbocycles. The van der Waals surface area contributed by atoms with E-state index in [0.717, 1.165) is 5.56 Å². The third kappa shape index (κ3) is 3.84. The number of benzene rings is 2. The fourth-order valence-corrected chi connectivity index (χ4v) is 3.22. The first-order chi connectivity index (χ1) is 13.5. The van der Waals surface area contributed by atoms with Crippen LogP contribution in [0.1, 0.15) is 18.1 Å². The van der Waals surface area contributed by atoms with Gasteiger partial charge in [-0.15, -0.1) is 0 Å². The van der Waals surface area contributed by atoms with Crippen molar-refractivity contribution < 1.29 is 18.7 Å². The third-order valence-electron chi connectivity index (χ3n) is 4.49. The third-order valence-corrected chi connectivity index (χ3v) is 4.99. The van der Waals surface area contributed by atoms with Crippen LogP contribution in [-0.4, -0.2) is 41.5 Å². The van der Waals surface area contributed by atoms with Gasteiger partial charge in [-0.25, -0.2) is 4.39 Å². The van der Waals surface area contributed by atoms with Gasteiger partial charge in [0.15, 0.2) is 16.6 Å². The van der Waals surface area contributed by atoms with Crippen LogP contribution in [0.5, 0.6) is 11.5 Å². The SMILES string of the molecule is CCN1C(=O)C(=Cc2ccc(OCc3ccccc3F)c(OC)c2)N(C)C1=S. The monoisotopic (exact) mass is 400 g/mol. The molecule has 5 nitrogen and oxygen atoms in total. The van der Waals surface area contributed by atoms with E-state index >= 15 is 0 Å². The van der Waals surface area contributed by atoms with Crippen LogP contribution in [0.2, 0.25) is 0 Å². The van der Waals surface area contributed by atoms with E-state index in [2.05, 4.69) is 0 Å². The average Bonchev–Trinajstić information content (AvgIpc) is 2.90. The second-order valence-electron chi connectivity index (χ2n) is 6.21. The van der Waals surface area contributed by atoms with Crippen molar-refractivity contribution in [3.8, 4) is 11.5 Å². The molecule has 0 bridgehead atoms. The minimum atomic E-state index is -0.318. The Bertz CT molecular complexity index is 945. The summed E-state index contributed by atoms with van der Waals surface area (Å²) in [5.41, 5.74) is 1.72. The molecule has 0 radical (unpaired) electrons. The normalized spacial score (nSPS) is 15.5. The first-order valence-electron chi connectivity index (χ1n) is 8.81. The van der Waals surface area contributed by atoms with Gasteiger partial charge in [-0.2, -0.15) is 0 Å². The van der Waals surface area contributed by atoms with Gasteiger partial charge in [0.05, 0.1) is 7.11 Å². The van der Waals surface area contributed by atoms with E-state index < -0.39 is 0 Å². The van der Waals surface area contributed by atoms with E-state index in [1.807, 2.05) is 13.0 Å². The van der Waals surface area contributed by atoms with Gasteiger partial charge in [0.25, 0.3) is 5.91 Å². The molecule has 0 aromatic heterocycles. The summed E-state index contributed by atoms with van der Waals surface area (Å²) in [6.07, 6.45) is 1.76. The van der Waals surface area contributed by atoms with Gasteiger partial charge in [-0.1, -0.05) is 24.3 Å². The first-order valence-corrected chi connectivity index (χ1v) is 9.22. The van der Waals surface area contributed by atoms with Crippen molar-refractivity contribution in [2.24, 2.45) is 0 Å². The Hall–Kier alpha value is -2.93. The van der Waals surface area contributed by atoms with Crippen molar-refractivity contribution in [3.05, 3.63) is 65.1 Å². The van der Waals surface area contributed by atoms with Crippen molar-refractivity contribution in [2.45, 2.75) is 13.5 Å². The molecule has 0 spiro atoms. The smallest absolute Gasteiger partial charge is 0.276 e. The maximum atomic E-state index is 13.8. The van der Waals surface area contributed by atoms with Gasteiger partial charge >= 0.3 is 0 Å². The Morgan fingerprint density at radius 2 is 1.93 bits per heavy atom. The van der Waals surface area contributed by atoms with Crippen LogP contribution in [0, 0.1) is 5.82 Å². The number of carbonyl (C=O) groups excluding carboxylic acids is 1. The second-order valence-corrected chi connectivity index (χ2v) is 6.58.